The molecule has 0 saturated carbocycles. The Labute approximate surface area is 111 Å². The number of benzene rings is 1. The van der Waals surface area contributed by atoms with E-state index in [0.717, 1.165) is 5.56 Å². The van der Waals surface area contributed by atoms with Gasteiger partial charge in [0, 0.05) is 6.08 Å². The number of ether oxygens (including phenoxy) is 1. The SMILES string of the molecule is CC.Cc1ccc(C=CC(=O)OCC(C)C)cc1. The van der Waals surface area contributed by atoms with E-state index in [9.17, 15) is 4.79 Å². The van der Waals surface area contributed by atoms with Gasteiger partial charge in [-0.3, -0.25) is 0 Å². The summed E-state index contributed by atoms with van der Waals surface area (Å²) >= 11 is 0. The van der Waals surface area contributed by atoms with Crippen molar-refractivity contribution in [3.63, 3.8) is 0 Å². The third-order valence-electron chi connectivity index (χ3n) is 2.05. The normalized spacial score (nSPS) is 10.1. The molecule has 2 heteroatoms. The van der Waals surface area contributed by atoms with Crippen molar-refractivity contribution in [3.8, 4) is 0 Å². The van der Waals surface area contributed by atoms with Crippen molar-refractivity contribution < 1.29 is 9.53 Å². The number of rotatable bonds is 4. The molecular formula is C16H24O2. The summed E-state index contributed by atoms with van der Waals surface area (Å²) < 4.78 is 5.02. The number of carbonyl (C=O) groups is 1. The molecule has 2 nitrogen and oxygen atoms in total. The summed E-state index contributed by atoms with van der Waals surface area (Å²) in [5, 5.41) is 0. The minimum atomic E-state index is -0.283. The summed E-state index contributed by atoms with van der Waals surface area (Å²) in [5.74, 6) is 0.0889. The Hall–Kier alpha value is -1.57. The van der Waals surface area contributed by atoms with Crippen molar-refractivity contribution in [3.05, 3.63) is 41.5 Å². The van der Waals surface area contributed by atoms with Crippen LogP contribution in [0.15, 0.2) is 30.3 Å². The molecule has 0 heterocycles. The van der Waals surface area contributed by atoms with Gasteiger partial charge in [-0.1, -0.05) is 57.5 Å². The summed E-state index contributed by atoms with van der Waals surface area (Å²) in [6.07, 6.45) is 3.23. The van der Waals surface area contributed by atoms with E-state index in [4.69, 9.17) is 4.74 Å². The third-order valence-corrected chi connectivity index (χ3v) is 2.05. The highest BCUT2D eigenvalue weighted by molar-refractivity contribution is 5.87. The number of carbonyl (C=O) groups excluding carboxylic acids is 1. The predicted molar refractivity (Wildman–Crippen MR) is 77.4 cm³/mol. The largest absolute Gasteiger partial charge is 0.462 e. The number of hydrogen-bond acceptors (Lipinski definition) is 2. The van der Waals surface area contributed by atoms with Gasteiger partial charge in [0.1, 0.15) is 0 Å². The van der Waals surface area contributed by atoms with E-state index in [1.54, 1.807) is 6.08 Å². The van der Waals surface area contributed by atoms with Crippen molar-refractivity contribution in [2.45, 2.75) is 34.6 Å². The average Bonchev–Trinajstić information content (AvgIpc) is 2.38. The molecule has 0 N–H and O–H groups in total. The van der Waals surface area contributed by atoms with Crippen LogP contribution in [0.1, 0.15) is 38.8 Å². The lowest BCUT2D eigenvalue weighted by molar-refractivity contribution is -0.138. The third kappa shape index (κ3) is 7.66. The Kier molecular flexibility index (Phi) is 8.63. The van der Waals surface area contributed by atoms with Crippen molar-refractivity contribution >= 4 is 12.0 Å². The molecular weight excluding hydrogens is 224 g/mol. The first-order chi connectivity index (χ1) is 8.58. The summed E-state index contributed by atoms with van der Waals surface area (Å²) in [7, 11) is 0. The maximum absolute atomic E-state index is 11.3. The number of hydrogen-bond donors (Lipinski definition) is 0. The lowest BCUT2D eigenvalue weighted by atomic mass is 10.1. The summed E-state index contributed by atoms with van der Waals surface area (Å²) in [6, 6.07) is 7.97. The smallest absolute Gasteiger partial charge is 0.330 e. The zero-order valence-electron chi connectivity index (χ0n) is 12.1. The van der Waals surface area contributed by atoms with Crippen molar-refractivity contribution in [1.82, 2.24) is 0 Å². The standard InChI is InChI=1S/C14H18O2.C2H6/c1-11(2)10-16-14(15)9-8-13-6-4-12(3)5-7-13;1-2/h4-9,11H,10H2,1-3H3;1-2H3. The van der Waals surface area contributed by atoms with Gasteiger partial charge in [-0.05, 0) is 24.5 Å². The predicted octanol–water partition coefficient (Wildman–Crippen LogP) is 4.23. The van der Waals surface area contributed by atoms with E-state index < -0.39 is 0 Å². The molecule has 0 amide bonds. The van der Waals surface area contributed by atoms with E-state index in [0.29, 0.717) is 12.5 Å². The van der Waals surface area contributed by atoms with Crippen LogP contribution in [0, 0.1) is 12.8 Å². The van der Waals surface area contributed by atoms with Gasteiger partial charge in [-0.15, -0.1) is 0 Å². The Morgan fingerprint density at radius 2 is 1.78 bits per heavy atom. The minimum absolute atomic E-state index is 0.283. The van der Waals surface area contributed by atoms with Crippen LogP contribution in [0.25, 0.3) is 6.08 Å². The molecule has 1 aromatic rings. The van der Waals surface area contributed by atoms with E-state index in [1.165, 1.54) is 11.6 Å². The van der Waals surface area contributed by atoms with Gasteiger partial charge in [-0.2, -0.15) is 0 Å². The van der Waals surface area contributed by atoms with Gasteiger partial charge in [0.15, 0.2) is 0 Å². The zero-order chi connectivity index (χ0) is 14.0. The molecule has 0 fully saturated rings. The van der Waals surface area contributed by atoms with Crippen LogP contribution in [0.2, 0.25) is 0 Å². The van der Waals surface area contributed by atoms with Crippen molar-refractivity contribution in [2.24, 2.45) is 5.92 Å². The first-order valence-corrected chi connectivity index (χ1v) is 6.49. The first kappa shape index (κ1) is 16.4. The van der Waals surface area contributed by atoms with Gasteiger partial charge < -0.3 is 4.74 Å². The Balaban J connectivity index is 0.00000137. The second kappa shape index (κ2) is 9.46. The molecule has 0 aliphatic heterocycles. The lowest BCUT2D eigenvalue weighted by Gasteiger charge is -2.03. The molecule has 0 aromatic heterocycles. The zero-order valence-corrected chi connectivity index (χ0v) is 12.1. The molecule has 0 aliphatic carbocycles. The van der Waals surface area contributed by atoms with Crippen molar-refractivity contribution in [1.29, 1.82) is 0 Å². The molecule has 0 bridgehead atoms. The fourth-order valence-corrected chi connectivity index (χ4v) is 1.14. The van der Waals surface area contributed by atoms with Crippen LogP contribution in [-0.2, 0) is 9.53 Å². The molecule has 0 atom stereocenters. The molecule has 0 spiro atoms. The summed E-state index contributed by atoms with van der Waals surface area (Å²) in [6.45, 7) is 10.5. The van der Waals surface area contributed by atoms with Crippen LogP contribution in [0.3, 0.4) is 0 Å². The van der Waals surface area contributed by atoms with Crippen LogP contribution < -0.4 is 0 Å². The summed E-state index contributed by atoms with van der Waals surface area (Å²) in [4.78, 5) is 11.3. The molecule has 18 heavy (non-hydrogen) atoms. The quantitative estimate of drug-likeness (QED) is 0.588. The maximum atomic E-state index is 11.3. The van der Waals surface area contributed by atoms with Crippen LogP contribution in [0.5, 0.6) is 0 Å². The summed E-state index contributed by atoms with van der Waals surface area (Å²) in [5.41, 5.74) is 2.21. The molecule has 0 saturated heterocycles. The van der Waals surface area contributed by atoms with Gasteiger partial charge >= 0.3 is 5.97 Å². The molecule has 0 radical (unpaired) electrons. The van der Waals surface area contributed by atoms with Gasteiger partial charge in [0.05, 0.1) is 6.61 Å². The Morgan fingerprint density at radius 3 is 2.28 bits per heavy atom. The number of esters is 1. The van der Waals surface area contributed by atoms with Crippen LogP contribution in [0.4, 0.5) is 0 Å². The monoisotopic (exact) mass is 248 g/mol. The van der Waals surface area contributed by atoms with Crippen molar-refractivity contribution in [2.75, 3.05) is 6.61 Å². The second-order valence-corrected chi connectivity index (χ2v) is 4.27. The highest BCUT2D eigenvalue weighted by Crippen LogP contribution is 2.05. The van der Waals surface area contributed by atoms with Gasteiger partial charge in [0.2, 0.25) is 0 Å². The van der Waals surface area contributed by atoms with Gasteiger partial charge in [-0.25, -0.2) is 4.79 Å². The fourth-order valence-electron chi connectivity index (χ4n) is 1.14. The van der Waals surface area contributed by atoms with Crippen LogP contribution in [-0.4, -0.2) is 12.6 Å². The second-order valence-electron chi connectivity index (χ2n) is 4.27. The molecule has 100 valence electrons. The molecule has 1 aromatic carbocycles. The maximum Gasteiger partial charge on any atom is 0.330 e. The lowest BCUT2D eigenvalue weighted by Crippen LogP contribution is -2.06. The van der Waals surface area contributed by atoms with E-state index in [-0.39, 0.29) is 5.97 Å². The van der Waals surface area contributed by atoms with Gasteiger partial charge in [0.25, 0.3) is 0 Å². The topological polar surface area (TPSA) is 26.3 Å². The van der Waals surface area contributed by atoms with E-state index in [2.05, 4.69) is 0 Å². The highest BCUT2D eigenvalue weighted by atomic mass is 16.5. The number of aryl methyl sites for hydroxylation is 1. The molecule has 0 aliphatic rings. The molecule has 0 unspecified atom stereocenters. The highest BCUT2D eigenvalue weighted by Gasteiger charge is 1.99. The average molecular weight is 248 g/mol. The van der Waals surface area contributed by atoms with E-state index in [1.807, 2.05) is 58.9 Å². The van der Waals surface area contributed by atoms with E-state index >= 15 is 0 Å². The fraction of sp³-hybridized carbons (Fsp3) is 0.438. The molecule has 1 rings (SSSR count). The first-order valence-electron chi connectivity index (χ1n) is 6.49. The Morgan fingerprint density at radius 1 is 1.22 bits per heavy atom. The van der Waals surface area contributed by atoms with Crippen LogP contribution >= 0.6 is 0 Å². The Bertz CT molecular complexity index is 361. The minimum Gasteiger partial charge on any atom is -0.462 e.